The van der Waals surface area contributed by atoms with E-state index >= 15 is 0 Å². The summed E-state index contributed by atoms with van der Waals surface area (Å²) in [7, 11) is 1.79. The Morgan fingerprint density at radius 3 is 2.78 bits per heavy atom. The van der Waals surface area contributed by atoms with Crippen molar-refractivity contribution in [1.29, 1.82) is 0 Å². The normalized spacial score (nSPS) is 19.6. The number of nitrogens with zero attached hydrogens (tertiary/aromatic N) is 2. The van der Waals surface area contributed by atoms with Gasteiger partial charge in [-0.2, -0.15) is 5.10 Å². The van der Waals surface area contributed by atoms with Crippen LogP contribution in [0.4, 0.5) is 8.78 Å². The third-order valence-electron chi connectivity index (χ3n) is 4.12. The second-order valence-corrected chi connectivity index (χ2v) is 6.02. The number of benzene rings is 1. The van der Waals surface area contributed by atoms with Crippen LogP contribution in [0.15, 0.2) is 18.2 Å². The molecule has 1 heterocycles. The molecule has 2 atom stereocenters. The SMILES string of the molecule is Cn1c(CCNC(=O)C2CC2c2c(F)cccc2F)n[nH]c1=S. The van der Waals surface area contributed by atoms with Gasteiger partial charge in [-0.25, -0.2) is 8.78 Å². The molecule has 122 valence electrons. The molecule has 0 bridgehead atoms. The molecular formula is C15H16F2N4OS. The van der Waals surface area contributed by atoms with Gasteiger partial charge in [0.1, 0.15) is 17.5 Å². The van der Waals surface area contributed by atoms with Gasteiger partial charge in [0.25, 0.3) is 0 Å². The number of carbonyl (C=O) groups excluding carboxylic acids is 1. The highest BCUT2D eigenvalue weighted by Crippen LogP contribution is 2.49. The zero-order chi connectivity index (χ0) is 16.6. The first-order valence-electron chi connectivity index (χ1n) is 7.31. The maximum absolute atomic E-state index is 13.7. The lowest BCUT2D eigenvalue weighted by molar-refractivity contribution is -0.122. The fraction of sp³-hybridized carbons (Fsp3) is 0.400. The molecule has 8 heteroatoms. The van der Waals surface area contributed by atoms with Crippen molar-refractivity contribution in [3.63, 3.8) is 0 Å². The number of hydrogen-bond donors (Lipinski definition) is 2. The Hall–Kier alpha value is -2.09. The molecule has 0 aliphatic heterocycles. The summed E-state index contributed by atoms with van der Waals surface area (Å²) in [5, 5.41) is 9.51. The average molecular weight is 338 g/mol. The molecule has 0 radical (unpaired) electrons. The topological polar surface area (TPSA) is 62.7 Å². The standard InChI is InChI=1S/C15H16F2N4OS/c1-21-12(19-20-15(21)23)5-6-18-14(22)9-7-8(9)13-10(16)3-2-4-11(13)17/h2-4,8-9H,5-7H2,1H3,(H,18,22)(H,20,23). The van der Waals surface area contributed by atoms with Gasteiger partial charge in [-0.15, -0.1) is 0 Å². The Bertz CT molecular complexity index is 781. The zero-order valence-electron chi connectivity index (χ0n) is 12.5. The summed E-state index contributed by atoms with van der Waals surface area (Å²) in [6.07, 6.45) is 0.997. The molecule has 1 aliphatic carbocycles. The molecule has 0 spiro atoms. The van der Waals surface area contributed by atoms with E-state index in [1.807, 2.05) is 0 Å². The summed E-state index contributed by atoms with van der Waals surface area (Å²) in [6, 6.07) is 3.76. The minimum atomic E-state index is -0.591. The van der Waals surface area contributed by atoms with E-state index in [1.54, 1.807) is 11.6 Å². The molecule has 2 unspecified atom stereocenters. The zero-order valence-corrected chi connectivity index (χ0v) is 13.3. The second-order valence-electron chi connectivity index (χ2n) is 5.63. The predicted molar refractivity (Wildman–Crippen MR) is 82.3 cm³/mol. The van der Waals surface area contributed by atoms with Crippen molar-refractivity contribution in [3.05, 3.63) is 46.0 Å². The number of halogens is 2. The molecule has 1 saturated carbocycles. The second kappa shape index (κ2) is 6.19. The van der Waals surface area contributed by atoms with Gasteiger partial charge in [-0.05, 0) is 30.8 Å². The van der Waals surface area contributed by atoms with Gasteiger partial charge in [0.05, 0.1) is 0 Å². The van der Waals surface area contributed by atoms with Gasteiger partial charge >= 0.3 is 0 Å². The Labute approximate surface area is 136 Å². The Morgan fingerprint density at radius 2 is 2.17 bits per heavy atom. The number of hydrogen-bond acceptors (Lipinski definition) is 3. The molecule has 23 heavy (non-hydrogen) atoms. The number of aromatic nitrogens is 3. The van der Waals surface area contributed by atoms with Crippen LogP contribution in [0, 0.1) is 22.3 Å². The maximum atomic E-state index is 13.7. The summed E-state index contributed by atoms with van der Waals surface area (Å²) in [4.78, 5) is 12.1. The van der Waals surface area contributed by atoms with E-state index in [4.69, 9.17) is 12.2 Å². The van der Waals surface area contributed by atoms with Crippen molar-refractivity contribution in [2.24, 2.45) is 13.0 Å². The van der Waals surface area contributed by atoms with E-state index in [0.29, 0.717) is 24.2 Å². The fourth-order valence-electron chi connectivity index (χ4n) is 2.70. The molecule has 2 aromatic rings. The predicted octanol–water partition coefficient (Wildman–Crippen LogP) is 2.22. The van der Waals surface area contributed by atoms with Crippen LogP contribution in [-0.4, -0.2) is 27.2 Å². The van der Waals surface area contributed by atoms with Gasteiger partial charge in [0, 0.05) is 37.4 Å². The number of nitrogens with one attached hydrogen (secondary N) is 2. The van der Waals surface area contributed by atoms with Gasteiger partial charge in [0.2, 0.25) is 5.91 Å². The highest BCUT2D eigenvalue weighted by Gasteiger charge is 2.46. The third-order valence-corrected chi connectivity index (χ3v) is 4.48. The van der Waals surface area contributed by atoms with E-state index in [2.05, 4.69) is 15.5 Å². The molecule has 3 rings (SSSR count). The van der Waals surface area contributed by atoms with Crippen LogP contribution in [0.3, 0.4) is 0 Å². The van der Waals surface area contributed by atoms with E-state index in [-0.39, 0.29) is 23.3 Å². The largest absolute Gasteiger partial charge is 0.355 e. The van der Waals surface area contributed by atoms with Crippen molar-refractivity contribution in [3.8, 4) is 0 Å². The Morgan fingerprint density at radius 1 is 1.48 bits per heavy atom. The van der Waals surface area contributed by atoms with Crippen molar-refractivity contribution in [2.45, 2.75) is 18.8 Å². The minimum Gasteiger partial charge on any atom is -0.355 e. The quantitative estimate of drug-likeness (QED) is 0.822. The highest BCUT2D eigenvalue weighted by molar-refractivity contribution is 7.71. The van der Waals surface area contributed by atoms with Crippen molar-refractivity contribution < 1.29 is 13.6 Å². The lowest BCUT2D eigenvalue weighted by Gasteiger charge is -2.06. The van der Waals surface area contributed by atoms with E-state index < -0.39 is 11.6 Å². The van der Waals surface area contributed by atoms with Gasteiger partial charge in [0.15, 0.2) is 4.77 Å². The smallest absolute Gasteiger partial charge is 0.223 e. The van der Waals surface area contributed by atoms with Crippen molar-refractivity contribution in [1.82, 2.24) is 20.1 Å². The van der Waals surface area contributed by atoms with Crippen LogP contribution in [-0.2, 0) is 18.3 Å². The summed E-state index contributed by atoms with van der Waals surface area (Å²) in [5.41, 5.74) is 0.0158. The minimum absolute atomic E-state index is 0.0158. The Kier molecular flexibility index (Phi) is 4.25. The lowest BCUT2D eigenvalue weighted by Crippen LogP contribution is -2.28. The van der Waals surface area contributed by atoms with Crippen LogP contribution in [0.25, 0.3) is 0 Å². The van der Waals surface area contributed by atoms with Crippen LogP contribution >= 0.6 is 12.2 Å². The summed E-state index contributed by atoms with van der Waals surface area (Å²) >= 11 is 5.01. The molecule has 1 aliphatic rings. The first-order chi connectivity index (χ1) is 11.0. The Balaban J connectivity index is 1.55. The summed E-state index contributed by atoms with van der Waals surface area (Å²) in [6.45, 7) is 0.398. The van der Waals surface area contributed by atoms with Gasteiger partial charge in [-0.3, -0.25) is 9.89 Å². The lowest BCUT2D eigenvalue weighted by atomic mass is 10.1. The monoisotopic (exact) mass is 338 g/mol. The van der Waals surface area contributed by atoms with Crippen LogP contribution in [0.2, 0.25) is 0 Å². The molecule has 1 amide bonds. The number of aromatic amines is 1. The summed E-state index contributed by atoms with van der Waals surface area (Å²) < 4.78 is 29.7. The molecule has 0 saturated heterocycles. The van der Waals surface area contributed by atoms with Crippen LogP contribution < -0.4 is 5.32 Å². The summed E-state index contributed by atoms with van der Waals surface area (Å²) in [5.74, 6) is -1.38. The molecular weight excluding hydrogens is 322 g/mol. The molecule has 1 aromatic carbocycles. The van der Waals surface area contributed by atoms with Crippen molar-refractivity contribution in [2.75, 3.05) is 6.54 Å². The van der Waals surface area contributed by atoms with Crippen LogP contribution in [0.5, 0.6) is 0 Å². The van der Waals surface area contributed by atoms with Gasteiger partial charge < -0.3 is 9.88 Å². The average Bonchev–Trinajstić information content (AvgIpc) is 3.23. The molecule has 5 nitrogen and oxygen atoms in total. The van der Waals surface area contributed by atoms with E-state index in [1.165, 1.54) is 18.2 Å². The molecule has 2 N–H and O–H groups in total. The maximum Gasteiger partial charge on any atom is 0.223 e. The first kappa shape index (κ1) is 15.8. The van der Waals surface area contributed by atoms with Gasteiger partial charge in [-0.1, -0.05) is 6.07 Å². The number of carbonyl (C=O) groups is 1. The fourth-order valence-corrected chi connectivity index (χ4v) is 2.85. The molecule has 1 fully saturated rings. The number of amides is 1. The van der Waals surface area contributed by atoms with Crippen molar-refractivity contribution >= 4 is 18.1 Å². The highest BCUT2D eigenvalue weighted by atomic mass is 32.1. The number of rotatable bonds is 5. The third kappa shape index (κ3) is 3.17. The van der Waals surface area contributed by atoms with E-state index in [0.717, 1.165) is 5.82 Å². The number of H-pyrrole nitrogens is 1. The molecule has 1 aromatic heterocycles. The van der Waals surface area contributed by atoms with Crippen LogP contribution in [0.1, 0.15) is 23.7 Å². The van der Waals surface area contributed by atoms with E-state index in [9.17, 15) is 13.6 Å². The first-order valence-corrected chi connectivity index (χ1v) is 7.71.